The van der Waals surface area contributed by atoms with Crippen molar-refractivity contribution in [2.24, 2.45) is 5.10 Å². The molecule has 0 aliphatic heterocycles. The Hall–Kier alpha value is -2.75. The average Bonchev–Trinajstić information content (AvgIpc) is 2.95. The van der Waals surface area contributed by atoms with Gasteiger partial charge in [-0.1, -0.05) is 67.5 Å². The highest BCUT2D eigenvalue weighted by molar-refractivity contribution is 6.27. The van der Waals surface area contributed by atoms with E-state index in [1.807, 2.05) is 30.4 Å². The van der Waals surface area contributed by atoms with Crippen LogP contribution in [0.4, 0.5) is 0 Å². The number of carbonyl (C=O) groups excluding carboxylic acids is 2. The smallest absolute Gasteiger partial charge is 0.271 e. The third-order valence-electron chi connectivity index (χ3n) is 4.12. The highest BCUT2D eigenvalue weighted by Crippen LogP contribution is 2.09. The van der Waals surface area contributed by atoms with Gasteiger partial charge in [0.25, 0.3) is 5.91 Å². The van der Waals surface area contributed by atoms with E-state index in [-0.39, 0.29) is 11.7 Å². The molecule has 1 N–H and O–H groups in total. The first-order chi connectivity index (χ1) is 12.8. The minimum atomic E-state index is -0.296. The molecule has 1 amide bonds. The van der Waals surface area contributed by atoms with Crippen LogP contribution in [-0.2, 0) is 16.0 Å². The van der Waals surface area contributed by atoms with Crippen LogP contribution in [0.3, 0.4) is 0 Å². The number of carbonyl (C=O) groups is 2. The van der Waals surface area contributed by atoms with Gasteiger partial charge in [-0.25, -0.2) is 5.43 Å². The number of allylic oxidation sites excluding steroid dienone is 4. The molecule has 0 saturated carbocycles. The van der Waals surface area contributed by atoms with E-state index in [4.69, 9.17) is 0 Å². The fraction of sp³-hybridized carbons (Fsp3) is 0.318. The first-order valence-electron chi connectivity index (χ1n) is 9.19. The molecule has 2 rings (SSSR count). The molecule has 136 valence electrons. The van der Waals surface area contributed by atoms with Gasteiger partial charge in [0.05, 0.1) is 6.21 Å². The lowest BCUT2D eigenvalue weighted by atomic mass is 10.0. The molecule has 1 aliphatic rings. The van der Waals surface area contributed by atoms with Gasteiger partial charge in [0, 0.05) is 12.0 Å². The largest absolute Gasteiger partial charge is 0.293 e. The van der Waals surface area contributed by atoms with Crippen LogP contribution in [0.2, 0.25) is 0 Å². The fourth-order valence-corrected chi connectivity index (χ4v) is 2.67. The van der Waals surface area contributed by atoms with Crippen molar-refractivity contribution < 1.29 is 9.59 Å². The van der Waals surface area contributed by atoms with Crippen molar-refractivity contribution in [3.05, 3.63) is 71.8 Å². The maximum Gasteiger partial charge on any atom is 0.271 e. The molecular formula is C22H26N2O2. The maximum atomic E-state index is 11.9. The molecule has 4 heteroatoms. The van der Waals surface area contributed by atoms with E-state index in [1.165, 1.54) is 11.8 Å². The third-order valence-corrected chi connectivity index (χ3v) is 4.12. The van der Waals surface area contributed by atoms with Crippen LogP contribution in [0, 0.1) is 0 Å². The lowest BCUT2D eigenvalue weighted by Crippen LogP contribution is -2.19. The van der Waals surface area contributed by atoms with Gasteiger partial charge in [-0.3, -0.25) is 9.59 Å². The Balaban J connectivity index is 1.55. The van der Waals surface area contributed by atoms with Gasteiger partial charge in [-0.05, 0) is 37.3 Å². The second-order valence-corrected chi connectivity index (χ2v) is 6.25. The molecule has 26 heavy (non-hydrogen) atoms. The monoisotopic (exact) mass is 350 g/mol. The number of unbranched alkanes of at least 4 members (excludes halogenated alkanes) is 3. The van der Waals surface area contributed by atoms with Gasteiger partial charge in [-0.2, -0.15) is 5.10 Å². The van der Waals surface area contributed by atoms with Gasteiger partial charge in [0.15, 0.2) is 5.78 Å². The molecule has 4 nitrogen and oxygen atoms in total. The van der Waals surface area contributed by atoms with Crippen LogP contribution in [-0.4, -0.2) is 17.9 Å². The Kier molecular flexibility index (Phi) is 8.84. The number of Topliss-reactive ketones (excluding diaryl/α,β-unsaturated/α-hetero) is 1. The molecule has 0 unspecified atom stereocenters. The Morgan fingerprint density at radius 3 is 2.69 bits per heavy atom. The number of hydrogen-bond acceptors (Lipinski definition) is 3. The van der Waals surface area contributed by atoms with Crippen LogP contribution in [0.5, 0.6) is 0 Å². The van der Waals surface area contributed by atoms with Gasteiger partial charge in [0.1, 0.15) is 0 Å². The molecule has 0 fully saturated rings. The zero-order chi connectivity index (χ0) is 18.5. The van der Waals surface area contributed by atoms with E-state index in [1.54, 1.807) is 6.08 Å². The Morgan fingerprint density at radius 1 is 1.04 bits per heavy atom. The van der Waals surface area contributed by atoms with Crippen molar-refractivity contribution in [3.8, 4) is 0 Å². The first-order valence-corrected chi connectivity index (χ1v) is 9.19. The van der Waals surface area contributed by atoms with Crippen molar-refractivity contribution in [2.45, 2.75) is 44.9 Å². The van der Waals surface area contributed by atoms with Crippen LogP contribution in [0.1, 0.15) is 44.1 Å². The molecule has 0 heterocycles. The number of aryl methyl sites for hydroxylation is 1. The van der Waals surface area contributed by atoms with Crippen LogP contribution in [0.15, 0.2) is 71.4 Å². The number of rotatable bonds is 10. The van der Waals surface area contributed by atoms with Crippen molar-refractivity contribution >= 4 is 17.9 Å². The normalized spacial score (nSPS) is 13.5. The van der Waals surface area contributed by atoms with Crippen LogP contribution < -0.4 is 5.43 Å². The first kappa shape index (κ1) is 19.6. The minimum absolute atomic E-state index is 0.0552. The molecule has 0 radical (unpaired) electrons. The average molecular weight is 350 g/mol. The Bertz CT molecular complexity index is 700. The van der Waals surface area contributed by atoms with Crippen molar-refractivity contribution in [2.75, 3.05) is 0 Å². The highest BCUT2D eigenvalue weighted by Gasteiger charge is 2.05. The molecule has 0 atom stereocenters. The zero-order valence-electron chi connectivity index (χ0n) is 15.1. The number of amides is 1. The minimum Gasteiger partial charge on any atom is -0.293 e. The summed E-state index contributed by atoms with van der Waals surface area (Å²) in [6, 6.07) is 10.4. The fourth-order valence-electron chi connectivity index (χ4n) is 2.67. The molecule has 0 spiro atoms. The molecule has 1 aromatic rings. The van der Waals surface area contributed by atoms with E-state index >= 15 is 0 Å². The van der Waals surface area contributed by atoms with E-state index < -0.39 is 0 Å². The molecular weight excluding hydrogens is 324 g/mol. The van der Waals surface area contributed by atoms with Crippen LogP contribution in [0.25, 0.3) is 0 Å². The predicted molar refractivity (Wildman–Crippen MR) is 106 cm³/mol. The summed E-state index contributed by atoms with van der Waals surface area (Å²) in [4.78, 5) is 23.7. The lowest BCUT2D eigenvalue weighted by Gasteiger charge is -2.01. The summed E-state index contributed by atoms with van der Waals surface area (Å²) in [5, 5.41) is 3.76. The number of ketones is 1. The van der Waals surface area contributed by atoms with E-state index in [0.29, 0.717) is 18.4 Å². The number of benzene rings is 1. The van der Waals surface area contributed by atoms with E-state index in [2.05, 4.69) is 34.8 Å². The molecule has 1 aliphatic carbocycles. The molecule has 0 aromatic heterocycles. The van der Waals surface area contributed by atoms with Gasteiger partial charge in [-0.15, -0.1) is 0 Å². The summed E-state index contributed by atoms with van der Waals surface area (Å²) in [6.45, 7) is 0. The number of hydrogen-bond donors (Lipinski definition) is 1. The number of nitrogens with zero attached hydrogens (tertiary/aromatic N) is 1. The summed E-state index contributed by atoms with van der Waals surface area (Å²) in [5.74, 6) is -0.352. The summed E-state index contributed by atoms with van der Waals surface area (Å²) >= 11 is 0. The Labute approximate surface area is 155 Å². The summed E-state index contributed by atoms with van der Waals surface area (Å²) in [6.07, 6.45) is 16.8. The standard InChI is InChI=1S/C22H26N2O2/c25-21(17-11-4-1-6-12-19-13-7-5-8-14-19)18-23-24-22(26)20-15-9-2-3-10-16-20/h2-3,5,7-9,13-16,18H,1,4,6,10-12,17H2,(H,24,26)/b23-18+. The summed E-state index contributed by atoms with van der Waals surface area (Å²) in [5.41, 5.74) is 4.32. The number of nitrogens with one attached hydrogen (secondary N) is 1. The predicted octanol–water partition coefficient (Wildman–Crippen LogP) is 4.29. The summed E-state index contributed by atoms with van der Waals surface area (Å²) in [7, 11) is 0. The number of hydrazone groups is 1. The lowest BCUT2D eigenvalue weighted by molar-refractivity contribution is -0.117. The molecule has 0 saturated heterocycles. The van der Waals surface area contributed by atoms with Crippen molar-refractivity contribution in [1.29, 1.82) is 0 Å². The molecule has 1 aromatic carbocycles. The van der Waals surface area contributed by atoms with Gasteiger partial charge in [0.2, 0.25) is 0 Å². The third kappa shape index (κ3) is 7.88. The van der Waals surface area contributed by atoms with Gasteiger partial charge >= 0.3 is 0 Å². The molecule has 0 bridgehead atoms. The van der Waals surface area contributed by atoms with Gasteiger partial charge < -0.3 is 0 Å². The Morgan fingerprint density at radius 2 is 1.85 bits per heavy atom. The second kappa shape index (κ2) is 11.7. The highest BCUT2D eigenvalue weighted by atomic mass is 16.2. The maximum absolute atomic E-state index is 11.9. The zero-order valence-corrected chi connectivity index (χ0v) is 15.1. The van der Waals surface area contributed by atoms with E-state index in [0.717, 1.165) is 32.1 Å². The van der Waals surface area contributed by atoms with Crippen LogP contribution >= 0.6 is 0 Å². The quantitative estimate of drug-likeness (QED) is 0.389. The van der Waals surface area contributed by atoms with Crippen molar-refractivity contribution in [3.63, 3.8) is 0 Å². The second-order valence-electron chi connectivity index (χ2n) is 6.25. The summed E-state index contributed by atoms with van der Waals surface area (Å²) < 4.78 is 0. The SMILES string of the molecule is O=C(/C=N/NC(=O)C1=CCC=CC=C1)CCCCCCc1ccccc1. The van der Waals surface area contributed by atoms with Crippen molar-refractivity contribution in [1.82, 2.24) is 5.43 Å². The van der Waals surface area contributed by atoms with E-state index in [9.17, 15) is 9.59 Å². The topological polar surface area (TPSA) is 58.5 Å².